The summed E-state index contributed by atoms with van der Waals surface area (Å²) in [5.41, 5.74) is 0.977. The summed E-state index contributed by atoms with van der Waals surface area (Å²) in [6.07, 6.45) is 1.80. The zero-order valence-corrected chi connectivity index (χ0v) is 11.8. The highest BCUT2D eigenvalue weighted by Crippen LogP contribution is 2.22. The van der Waals surface area contributed by atoms with Crippen molar-refractivity contribution < 1.29 is 9.53 Å². The molecule has 4 nitrogen and oxygen atoms in total. The van der Waals surface area contributed by atoms with Crippen molar-refractivity contribution in [1.29, 1.82) is 5.26 Å². The molecule has 1 aromatic heterocycles. The lowest BCUT2D eigenvalue weighted by Crippen LogP contribution is -2.15. The molecule has 0 aliphatic rings. The van der Waals surface area contributed by atoms with Gasteiger partial charge < -0.3 is 9.30 Å². The monoisotopic (exact) mass is 318 g/mol. The minimum Gasteiger partial charge on any atom is -0.484 e. The third kappa shape index (κ3) is 3.04. The van der Waals surface area contributed by atoms with E-state index in [0.29, 0.717) is 17.0 Å². The van der Waals surface area contributed by atoms with Gasteiger partial charge in [-0.05, 0) is 30.3 Å². The molecule has 0 bridgehead atoms. The predicted octanol–water partition coefficient (Wildman–Crippen LogP) is 2.92. The van der Waals surface area contributed by atoms with Crippen LogP contribution in [0.3, 0.4) is 0 Å². The Hall–Kier alpha value is -2.06. The van der Waals surface area contributed by atoms with Gasteiger partial charge >= 0.3 is 0 Å². The fourth-order valence-electron chi connectivity index (χ4n) is 1.68. The molecule has 0 saturated carbocycles. The van der Waals surface area contributed by atoms with E-state index in [9.17, 15) is 4.79 Å². The minimum atomic E-state index is -0.126. The van der Waals surface area contributed by atoms with Crippen LogP contribution in [0.2, 0.25) is 0 Å². The second-order valence-corrected chi connectivity index (χ2v) is 4.88. The maximum atomic E-state index is 11.9. The van der Waals surface area contributed by atoms with E-state index in [2.05, 4.69) is 15.9 Å². The van der Waals surface area contributed by atoms with Gasteiger partial charge in [-0.2, -0.15) is 5.26 Å². The van der Waals surface area contributed by atoms with Gasteiger partial charge in [0.25, 0.3) is 0 Å². The summed E-state index contributed by atoms with van der Waals surface area (Å²) < 4.78 is 7.95. The van der Waals surface area contributed by atoms with Crippen molar-refractivity contribution in [3.8, 4) is 11.8 Å². The van der Waals surface area contributed by atoms with Crippen LogP contribution in [0.4, 0.5) is 0 Å². The average molecular weight is 319 g/mol. The summed E-state index contributed by atoms with van der Waals surface area (Å²) in [7, 11) is 1.80. The molecule has 0 spiro atoms. The number of carbonyl (C=O) groups is 1. The second kappa shape index (κ2) is 5.72. The number of benzene rings is 1. The van der Waals surface area contributed by atoms with Crippen molar-refractivity contribution in [3.05, 3.63) is 52.3 Å². The lowest BCUT2D eigenvalue weighted by atomic mass is 10.2. The first-order valence-corrected chi connectivity index (χ1v) is 6.38. The third-order valence-electron chi connectivity index (χ3n) is 2.65. The van der Waals surface area contributed by atoms with Gasteiger partial charge in [0, 0.05) is 17.7 Å². The summed E-state index contributed by atoms with van der Waals surface area (Å²) >= 11 is 3.28. The first-order chi connectivity index (χ1) is 9.11. The Bertz CT molecular complexity index is 656. The molecule has 0 atom stereocenters. The summed E-state index contributed by atoms with van der Waals surface area (Å²) in [4.78, 5) is 11.9. The van der Waals surface area contributed by atoms with Gasteiger partial charge in [0.1, 0.15) is 11.8 Å². The number of Topliss-reactive ketones (excluding diaryl/α,β-unsaturated/α-hetero) is 1. The van der Waals surface area contributed by atoms with Crippen molar-refractivity contribution in [1.82, 2.24) is 4.57 Å². The van der Waals surface area contributed by atoms with Crippen LogP contribution >= 0.6 is 15.9 Å². The fraction of sp³-hybridized carbons (Fsp3) is 0.143. The van der Waals surface area contributed by atoms with E-state index in [1.54, 1.807) is 48.1 Å². The Balaban J connectivity index is 2.10. The predicted molar refractivity (Wildman–Crippen MR) is 74.1 cm³/mol. The first kappa shape index (κ1) is 13.4. The molecule has 0 aliphatic carbocycles. The number of ketones is 1. The highest BCUT2D eigenvalue weighted by Gasteiger charge is 2.11. The molecule has 0 saturated heterocycles. The van der Waals surface area contributed by atoms with E-state index in [0.717, 1.165) is 4.47 Å². The summed E-state index contributed by atoms with van der Waals surface area (Å²) in [6.45, 7) is -0.0891. The maximum absolute atomic E-state index is 11.9. The molecule has 2 rings (SSSR count). The molecule has 0 amide bonds. The van der Waals surface area contributed by atoms with Crippen molar-refractivity contribution in [2.75, 3.05) is 6.61 Å². The SMILES string of the molecule is Cn1cccc1C(=O)COc1ccc(Br)cc1C#N. The second-order valence-electron chi connectivity index (χ2n) is 3.97. The molecule has 1 aromatic carbocycles. The standard InChI is InChI=1S/C14H11BrN2O2/c1-17-6-2-3-12(17)13(18)9-19-14-5-4-11(15)7-10(14)8-16/h2-7H,9H2,1H3. The number of rotatable bonds is 4. The number of aromatic nitrogens is 1. The molecule has 0 N–H and O–H groups in total. The van der Waals surface area contributed by atoms with Crippen molar-refractivity contribution in [3.63, 3.8) is 0 Å². The number of ether oxygens (including phenoxy) is 1. The molecule has 96 valence electrons. The van der Waals surface area contributed by atoms with Crippen LogP contribution in [0, 0.1) is 11.3 Å². The number of hydrogen-bond acceptors (Lipinski definition) is 3. The van der Waals surface area contributed by atoms with E-state index in [-0.39, 0.29) is 12.4 Å². The largest absolute Gasteiger partial charge is 0.484 e. The van der Waals surface area contributed by atoms with Gasteiger partial charge in [-0.25, -0.2) is 0 Å². The molecule has 0 aliphatic heterocycles. The summed E-state index contributed by atoms with van der Waals surface area (Å²) in [5.74, 6) is 0.285. The van der Waals surface area contributed by atoms with Gasteiger partial charge in [-0.15, -0.1) is 0 Å². The van der Waals surface area contributed by atoms with Gasteiger partial charge in [0.05, 0.1) is 11.3 Å². The quantitative estimate of drug-likeness (QED) is 0.814. The minimum absolute atomic E-state index is 0.0891. The molecule has 1 heterocycles. The molecule has 0 unspecified atom stereocenters. The molecule has 0 fully saturated rings. The highest BCUT2D eigenvalue weighted by atomic mass is 79.9. The Morgan fingerprint density at radius 3 is 2.89 bits per heavy atom. The first-order valence-electron chi connectivity index (χ1n) is 5.59. The number of carbonyl (C=O) groups excluding carboxylic acids is 1. The molecule has 0 radical (unpaired) electrons. The summed E-state index contributed by atoms with van der Waals surface area (Å²) in [6, 6.07) is 10.7. The van der Waals surface area contributed by atoms with E-state index >= 15 is 0 Å². The molecular formula is C14H11BrN2O2. The Morgan fingerprint density at radius 1 is 1.47 bits per heavy atom. The zero-order chi connectivity index (χ0) is 13.8. The van der Waals surface area contributed by atoms with Gasteiger partial charge in [0.2, 0.25) is 5.78 Å². The van der Waals surface area contributed by atoms with Gasteiger partial charge in [-0.3, -0.25) is 4.79 Å². The summed E-state index contributed by atoms with van der Waals surface area (Å²) in [5, 5.41) is 9.00. The lowest BCUT2D eigenvalue weighted by molar-refractivity contribution is 0.0913. The molecule has 5 heteroatoms. The van der Waals surface area contributed by atoms with Crippen molar-refractivity contribution in [2.24, 2.45) is 7.05 Å². The lowest BCUT2D eigenvalue weighted by Gasteiger charge is -2.08. The highest BCUT2D eigenvalue weighted by molar-refractivity contribution is 9.10. The van der Waals surface area contributed by atoms with E-state index in [1.165, 1.54) is 0 Å². The number of nitriles is 1. The fourth-order valence-corrected chi connectivity index (χ4v) is 2.04. The van der Waals surface area contributed by atoms with Crippen LogP contribution in [0.25, 0.3) is 0 Å². The van der Waals surface area contributed by atoms with Gasteiger partial charge in [0.15, 0.2) is 6.61 Å². The van der Waals surface area contributed by atoms with E-state index in [4.69, 9.17) is 10.00 Å². The van der Waals surface area contributed by atoms with E-state index in [1.807, 2.05) is 6.07 Å². The van der Waals surface area contributed by atoms with E-state index < -0.39 is 0 Å². The molecular weight excluding hydrogens is 308 g/mol. The molecule has 19 heavy (non-hydrogen) atoms. The van der Waals surface area contributed by atoms with Crippen LogP contribution in [0.15, 0.2) is 41.0 Å². The zero-order valence-electron chi connectivity index (χ0n) is 10.3. The van der Waals surface area contributed by atoms with Crippen molar-refractivity contribution >= 4 is 21.7 Å². The Kier molecular flexibility index (Phi) is 4.03. The number of halogens is 1. The topological polar surface area (TPSA) is 55.0 Å². The smallest absolute Gasteiger partial charge is 0.216 e. The van der Waals surface area contributed by atoms with Crippen LogP contribution in [-0.4, -0.2) is 17.0 Å². The van der Waals surface area contributed by atoms with Crippen LogP contribution in [0.5, 0.6) is 5.75 Å². The van der Waals surface area contributed by atoms with Gasteiger partial charge in [-0.1, -0.05) is 15.9 Å². The molecule has 2 aromatic rings. The Morgan fingerprint density at radius 2 is 2.26 bits per heavy atom. The van der Waals surface area contributed by atoms with Crippen LogP contribution in [0.1, 0.15) is 16.1 Å². The maximum Gasteiger partial charge on any atom is 0.216 e. The number of hydrogen-bond donors (Lipinski definition) is 0. The number of nitrogens with zero attached hydrogens (tertiary/aromatic N) is 2. The normalized spacial score (nSPS) is 9.95. The van der Waals surface area contributed by atoms with Crippen LogP contribution in [-0.2, 0) is 7.05 Å². The Labute approximate surface area is 119 Å². The third-order valence-corrected chi connectivity index (χ3v) is 3.14. The van der Waals surface area contributed by atoms with Crippen molar-refractivity contribution in [2.45, 2.75) is 0 Å². The average Bonchev–Trinajstić information content (AvgIpc) is 2.83. The van der Waals surface area contributed by atoms with Crippen LogP contribution < -0.4 is 4.74 Å². The number of aryl methyl sites for hydroxylation is 1.